The monoisotopic (exact) mass is 355 g/mol. The van der Waals surface area contributed by atoms with Crippen LogP contribution in [0.4, 0.5) is 13.2 Å². The van der Waals surface area contributed by atoms with E-state index in [1.54, 1.807) is 0 Å². The second-order valence-electron chi connectivity index (χ2n) is 6.60. The molecule has 0 aliphatic carbocycles. The Hall–Kier alpha value is -2.09. The van der Waals surface area contributed by atoms with Gasteiger partial charge in [-0.25, -0.2) is 0 Å². The zero-order valence-electron chi connectivity index (χ0n) is 13.5. The molecule has 3 rings (SSSR count). The first-order valence-corrected chi connectivity index (χ1v) is 8.33. The third-order valence-electron chi connectivity index (χ3n) is 4.72. The van der Waals surface area contributed by atoms with Gasteiger partial charge in [-0.15, -0.1) is 0 Å². The largest absolute Gasteiger partial charge is 0.417 e. The van der Waals surface area contributed by atoms with Crippen LogP contribution in [-0.2, 0) is 11.0 Å². The number of halogens is 3. The second-order valence-corrected chi connectivity index (χ2v) is 6.60. The summed E-state index contributed by atoms with van der Waals surface area (Å²) in [5.41, 5.74) is -1.49. The lowest BCUT2D eigenvalue weighted by Crippen LogP contribution is -2.50. The molecule has 1 aromatic carbocycles. The van der Waals surface area contributed by atoms with Crippen molar-refractivity contribution in [2.75, 3.05) is 6.54 Å². The van der Waals surface area contributed by atoms with Crippen LogP contribution >= 0.6 is 0 Å². The number of carbonyl (C=O) groups is 2. The quantitative estimate of drug-likeness (QED) is 0.772. The van der Waals surface area contributed by atoms with Gasteiger partial charge in [0.25, 0.3) is 5.91 Å². The molecule has 2 bridgehead atoms. The first kappa shape index (κ1) is 17.7. The summed E-state index contributed by atoms with van der Waals surface area (Å²) in [6, 6.07) is 5.40. The van der Waals surface area contributed by atoms with Crippen molar-refractivity contribution in [1.29, 1.82) is 0 Å². The van der Waals surface area contributed by atoms with Crippen LogP contribution in [0, 0.1) is 0 Å². The highest BCUT2D eigenvalue weighted by atomic mass is 19.4. The summed E-state index contributed by atoms with van der Waals surface area (Å²) in [6.45, 7) is -0.343. The normalized spacial score (nSPS) is 25.5. The minimum atomic E-state index is -4.62. The molecule has 2 fully saturated rings. The highest BCUT2D eigenvalue weighted by Gasteiger charge is 2.35. The van der Waals surface area contributed by atoms with Crippen LogP contribution in [0.15, 0.2) is 24.3 Å². The number of hydrogen-bond donors (Lipinski definition) is 3. The number of hydrogen-bond acceptors (Lipinski definition) is 3. The first-order valence-electron chi connectivity index (χ1n) is 8.33. The maximum absolute atomic E-state index is 12.9. The van der Waals surface area contributed by atoms with E-state index in [4.69, 9.17) is 0 Å². The van der Waals surface area contributed by atoms with Gasteiger partial charge in [0, 0.05) is 18.1 Å². The fourth-order valence-corrected chi connectivity index (χ4v) is 3.64. The van der Waals surface area contributed by atoms with Gasteiger partial charge in [0.1, 0.15) is 0 Å². The number of fused-ring (bicyclic) bond motifs is 2. The van der Waals surface area contributed by atoms with E-state index in [1.807, 2.05) is 0 Å². The van der Waals surface area contributed by atoms with Crippen LogP contribution in [0.2, 0.25) is 0 Å². The number of nitrogens with one attached hydrogen (secondary N) is 3. The Bertz CT molecular complexity index is 651. The lowest BCUT2D eigenvalue weighted by Gasteiger charge is -2.29. The van der Waals surface area contributed by atoms with E-state index in [9.17, 15) is 22.8 Å². The van der Waals surface area contributed by atoms with E-state index in [0.717, 1.165) is 37.8 Å². The Morgan fingerprint density at radius 3 is 2.40 bits per heavy atom. The minimum Gasteiger partial charge on any atom is -0.352 e. The summed E-state index contributed by atoms with van der Waals surface area (Å²) in [6.07, 6.45) is -0.741. The fourth-order valence-electron chi connectivity index (χ4n) is 3.64. The first-order chi connectivity index (χ1) is 11.8. The highest BCUT2D eigenvalue weighted by Crippen LogP contribution is 2.31. The van der Waals surface area contributed by atoms with Crippen molar-refractivity contribution in [3.8, 4) is 0 Å². The van der Waals surface area contributed by atoms with Gasteiger partial charge in [0.15, 0.2) is 0 Å². The Kier molecular flexibility index (Phi) is 4.99. The second kappa shape index (κ2) is 7.03. The lowest BCUT2D eigenvalue weighted by atomic mass is 10.00. The third-order valence-corrected chi connectivity index (χ3v) is 4.72. The van der Waals surface area contributed by atoms with Crippen LogP contribution in [0.25, 0.3) is 0 Å². The fraction of sp³-hybridized carbons (Fsp3) is 0.529. The van der Waals surface area contributed by atoms with Crippen LogP contribution in [0.1, 0.15) is 41.6 Å². The van der Waals surface area contributed by atoms with Crippen molar-refractivity contribution in [2.24, 2.45) is 0 Å². The third kappa shape index (κ3) is 4.31. The molecule has 1 aromatic rings. The van der Waals surface area contributed by atoms with Crippen LogP contribution in [0.3, 0.4) is 0 Å². The molecule has 5 nitrogen and oxygen atoms in total. The summed E-state index contributed by atoms with van der Waals surface area (Å²) in [4.78, 5) is 24.0. The Balaban J connectivity index is 1.53. The van der Waals surface area contributed by atoms with Gasteiger partial charge in [0.05, 0.1) is 17.7 Å². The summed E-state index contributed by atoms with van der Waals surface area (Å²) in [5, 5.41) is 8.59. The average molecular weight is 355 g/mol. The molecule has 2 atom stereocenters. The van der Waals surface area contributed by atoms with E-state index in [-0.39, 0.29) is 18.5 Å². The molecule has 2 amide bonds. The van der Waals surface area contributed by atoms with E-state index in [0.29, 0.717) is 12.1 Å². The van der Waals surface area contributed by atoms with E-state index in [2.05, 4.69) is 16.0 Å². The molecule has 0 radical (unpaired) electrons. The summed E-state index contributed by atoms with van der Waals surface area (Å²) < 4.78 is 38.8. The average Bonchev–Trinajstić information content (AvgIpc) is 2.90. The number of alkyl halides is 3. The molecule has 0 saturated carbocycles. The van der Waals surface area contributed by atoms with E-state index < -0.39 is 23.2 Å². The molecule has 2 aliphatic heterocycles. The van der Waals surface area contributed by atoms with Crippen LogP contribution in [0.5, 0.6) is 0 Å². The van der Waals surface area contributed by atoms with Gasteiger partial charge in [-0.05, 0) is 37.8 Å². The van der Waals surface area contributed by atoms with Crippen LogP contribution in [-0.4, -0.2) is 36.5 Å². The topological polar surface area (TPSA) is 70.2 Å². The number of rotatable bonds is 4. The Morgan fingerprint density at radius 1 is 1.12 bits per heavy atom. The number of amides is 2. The molecule has 2 aliphatic rings. The van der Waals surface area contributed by atoms with Gasteiger partial charge >= 0.3 is 6.18 Å². The van der Waals surface area contributed by atoms with Crippen molar-refractivity contribution < 1.29 is 22.8 Å². The molecular weight excluding hydrogens is 335 g/mol. The molecule has 136 valence electrons. The standard InChI is InChI=1S/C17H20F3N3O2/c18-17(19,20)14-4-2-1-3-13(14)16(25)21-9-15(24)23-12-7-10-5-6-11(8-12)22-10/h1-4,10-12,22H,5-9H2,(H,21,25)(H,23,24). The number of piperidine rings is 1. The minimum absolute atomic E-state index is 0.0469. The van der Waals surface area contributed by atoms with Gasteiger partial charge in [0.2, 0.25) is 5.91 Å². The SMILES string of the molecule is O=C(CNC(=O)c1ccccc1C(F)(F)F)NC1CC2CCC(C1)N2. The zero-order chi connectivity index (χ0) is 18.0. The molecule has 0 spiro atoms. The summed E-state index contributed by atoms with van der Waals surface area (Å²) >= 11 is 0. The van der Waals surface area contributed by atoms with E-state index >= 15 is 0 Å². The van der Waals surface area contributed by atoms with Gasteiger partial charge < -0.3 is 16.0 Å². The van der Waals surface area contributed by atoms with Crippen molar-refractivity contribution in [1.82, 2.24) is 16.0 Å². The van der Waals surface area contributed by atoms with E-state index in [1.165, 1.54) is 12.1 Å². The Morgan fingerprint density at radius 2 is 1.76 bits per heavy atom. The summed E-state index contributed by atoms with van der Waals surface area (Å²) in [7, 11) is 0. The maximum atomic E-state index is 12.9. The predicted octanol–water partition coefficient (Wildman–Crippen LogP) is 1.83. The number of benzene rings is 1. The van der Waals surface area contributed by atoms with Crippen molar-refractivity contribution in [3.05, 3.63) is 35.4 Å². The predicted molar refractivity (Wildman–Crippen MR) is 84.9 cm³/mol. The molecule has 2 unspecified atom stereocenters. The molecule has 0 aromatic heterocycles. The van der Waals surface area contributed by atoms with Crippen molar-refractivity contribution in [3.63, 3.8) is 0 Å². The molecule has 3 N–H and O–H groups in total. The molecular formula is C17H20F3N3O2. The molecule has 25 heavy (non-hydrogen) atoms. The Labute approximate surface area is 143 Å². The smallest absolute Gasteiger partial charge is 0.352 e. The maximum Gasteiger partial charge on any atom is 0.417 e. The van der Waals surface area contributed by atoms with Gasteiger partial charge in [-0.3, -0.25) is 9.59 Å². The van der Waals surface area contributed by atoms with Crippen LogP contribution < -0.4 is 16.0 Å². The molecule has 2 saturated heterocycles. The molecule has 2 heterocycles. The van der Waals surface area contributed by atoms with Gasteiger partial charge in [-0.2, -0.15) is 13.2 Å². The zero-order valence-corrected chi connectivity index (χ0v) is 13.5. The van der Waals surface area contributed by atoms with Crippen molar-refractivity contribution >= 4 is 11.8 Å². The van der Waals surface area contributed by atoms with Gasteiger partial charge in [-0.1, -0.05) is 12.1 Å². The highest BCUT2D eigenvalue weighted by molar-refractivity contribution is 5.97. The summed E-state index contributed by atoms with van der Waals surface area (Å²) in [5.74, 6) is -1.29. The van der Waals surface area contributed by atoms with Crippen molar-refractivity contribution in [2.45, 2.75) is 50.0 Å². The molecule has 8 heteroatoms. The number of carbonyl (C=O) groups excluding carboxylic acids is 2. The lowest BCUT2D eigenvalue weighted by molar-refractivity contribution is -0.137.